The fourth-order valence-electron chi connectivity index (χ4n) is 6.35. The Kier molecular flexibility index (Phi) is 3.91. The van der Waals surface area contributed by atoms with Gasteiger partial charge in [0.1, 0.15) is 0 Å². The molecule has 4 rings (SSSR count). The van der Waals surface area contributed by atoms with E-state index >= 15 is 0 Å². The molecule has 6 atom stereocenters. The number of fused-ring (bicyclic) bond motifs is 3. The third-order valence-electron chi connectivity index (χ3n) is 8.38. The normalized spacial score (nSPS) is 42.1. The Morgan fingerprint density at radius 1 is 1.36 bits per heavy atom. The van der Waals surface area contributed by atoms with Crippen molar-refractivity contribution in [1.82, 2.24) is 4.90 Å². The summed E-state index contributed by atoms with van der Waals surface area (Å²) in [6.07, 6.45) is 9.75. The van der Waals surface area contributed by atoms with Gasteiger partial charge in [-0.3, -0.25) is 4.79 Å². The molecule has 2 bridgehead atoms. The fraction of sp³-hybridized carbons (Fsp3) is 0.850. The highest BCUT2D eigenvalue weighted by Gasteiger charge is 2.70. The molecule has 3 fully saturated rings. The average Bonchev–Trinajstić information content (AvgIpc) is 3.20. The van der Waals surface area contributed by atoms with Gasteiger partial charge in [-0.05, 0) is 55.1 Å². The first-order valence-corrected chi connectivity index (χ1v) is 12.9. The number of allylic oxidation sites excluding steroid dienone is 2. The Morgan fingerprint density at radius 2 is 2.08 bits per heavy atom. The molecule has 1 aliphatic heterocycles. The summed E-state index contributed by atoms with van der Waals surface area (Å²) in [7, 11) is 4.07. The summed E-state index contributed by atoms with van der Waals surface area (Å²) in [5.74, 6) is 1.58. The highest BCUT2D eigenvalue weighted by atomic mass is 28.4. The summed E-state index contributed by atoms with van der Waals surface area (Å²) in [4.78, 5) is 14.5. The van der Waals surface area contributed by atoms with Crippen LogP contribution in [0.1, 0.15) is 46.5 Å². The molecule has 0 N–H and O–H groups in total. The van der Waals surface area contributed by atoms with Crippen molar-refractivity contribution in [2.45, 2.75) is 76.7 Å². The van der Waals surface area contributed by atoms with Crippen LogP contribution in [0.25, 0.3) is 0 Å². The van der Waals surface area contributed by atoms with Crippen LogP contribution in [0.15, 0.2) is 12.2 Å². The average molecular weight is 357 g/mol. The van der Waals surface area contributed by atoms with Gasteiger partial charge in [-0.1, -0.05) is 39.3 Å². The first-order chi connectivity index (χ1) is 11.6. The first-order valence-electron chi connectivity index (χ1n) is 9.99. The first kappa shape index (κ1) is 17.8. The van der Waals surface area contributed by atoms with Crippen LogP contribution < -0.4 is 0 Å². The predicted octanol–water partition coefficient (Wildman–Crippen LogP) is 4.34. The van der Waals surface area contributed by atoms with E-state index in [-0.39, 0.29) is 22.3 Å². The van der Waals surface area contributed by atoms with Crippen molar-refractivity contribution in [2.75, 3.05) is 6.61 Å². The Bertz CT molecular complexity index is 613. The minimum Gasteiger partial charge on any atom is -0.415 e. The summed E-state index contributed by atoms with van der Waals surface area (Å²) in [6, 6.07) is 0.500. The Balaban J connectivity index is 1.64. The zero-order valence-electron chi connectivity index (χ0n) is 16.4. The van der Waals surface area contributed by atoms with Crippen molar-refractivity contribution in [3.63, 3.8) is 0 Å². The SMILES string of the molecule is [B]C(=O)N1C(CO[Si](C)(C)C(C)(C)C)C2C3C=CC(C3)C23CCCC13. The number of hydrogen-bond acceptors (Lipinski definition) is 2. The molecular formula is C20H32BNO2Si. The number of hydrogen-bond donors (Lipinski definition) is 0. The molecule has 25 heavy (non-hydrogen) atoms. The topological polar surface area (TPSA) is 29.5 Å². The van der Waals surface area contributed by atoms with Gasteiger partial charge in [0.25, 0.3) is 0 Å². The van der Waals surface area contributed by atoms with Crippen molar-refractivity contribution in [1.29, 1.82) is 0 Å². The van der Waals surface area contributed by atoms with Crippen LogP contribution >= 0.6 is 0 Å². The van der Waals surface area contributed by atoms with Crippen molar-refractivity contribution >= 4 is 22.0 Å². The summed E-state index contributed by atoms with van der Waals surface area (Å²) >= 11 is 0. The van der Waals surface area contributed by atoms with Crippen LogP contribution in [0.5, 0.6) is 0 Å². The second-order valence-electron chi connectivity index (χ2n) is 10.3. The van der Waals surface area contributed by atoms with Crippen LogP contribution in [0.2, 0.25) is 18.1 Å². The molecule has 0 aromatic heterocycles. The minimum absolute atomic E-state index is 0.164. The molecule has 1 amide bonds. The molecule has 4 aliphatic rings. The summed E-state index contributed by atoms with van der Waals surface area (Å²) in [5.41, 5.74) is 0.288. The molecular weight excluding hydrogens is 325 g/mol. The van der Waals surface area contributed by atoms with Gasteiger partial charge >= 0.3 is 0 Å². The molecule has 3 nitrogen and oxygen atoms in total. The smallest absolute Gasteiger partial charge is 0.200 e. The molecule has 136 valence electrons. The Hall–Kier alpha value is -0.548. The van der Waals surface area contributed by atoms with E-state index < -0.39 is 8.32 Å². The van der Waals surface area contributed by atoms with E-state index in [2.05, 4.69) is 50.9 Å². The third kappa shape index (κ3) is 2.30. The van der Waals surface area contributed by atoms with Crippen LogP contribution in [0.4, 0.5) is 4.79 Å². The maximum Gasteiger partial charge on any atom is 0.200 e. The van der Waals surface area contributed by atoms with Gasteiger partial charge in [-0.15, -0.1) is 0 Å². The number of carbonyl (C=O) groups excluding carboxylic acids is 1. The second kappa shape index (κ2) is 5.48. The maximum absolute atomic E-state index is 12.4. The van der Waals surface area contributed by atoms with Gasteiger partial charge in [-0.25, -0.2) is 0 Å². The predicted molar refractivity (Wildman–Crippen MR) is 104 cm³/mol. The molecule has 2 radical (unpaired) electrons. The zero-order valence-corrected chi connectivity index (χ0v) is 17.4. The van der Waals surface area contributed by atoms with Crippen molar-refractivity contribution in [2.24, 2.45) is 23.2 Å². The molecule has 1 heterocycles. The van der Waals surface area contributed by atoms with E-state index in [0.29, 0.717) is 30.4 Å². The van der Waals surface area contributed by atoms with Crippen LogP contribution in [-0.2, 0) is 4.43 Å². The van der Waals surface area contributed by atoms with Crippen molar-refractivity contribution in [3.05, 3.63) is 12.2 Å². The van der Waals surface area contributed by atoms with E-state index in [1.54, 1.807) is 0 Å². The van der Waals surface area contributed by atoms with E-state index in [9.17, 15) is 4.79 Å². The van der Waals surface area contributed by atoms with Gasteiger partial charge in [0, 0.05) is 11.5 Å². The third-order valence-corrected chi connectivity index (χ3v) is 12.9. The monoisotopic (exact) mass is 357 g/mol. The highest BCUT2D eigenvalue weighted by Crippen LogP contribution is 2.69. The Morgan fingerprint density at radius 3 is 2.72 bits per heavy atom. The molecule has 5 heteroatoms. The number of likely N-dealkylation sites (tertiary alicyclic amines) is 1. The molecule has 0 aromatic carbocycles. The fourth-order valence-corrected chi connectivity index (χ4v) is 7.37. The van der Waals surface area contributed by atoms with Gasteiger partial charge in [0.05, 0.1) is 12.6 Å². The molecule has 2 saturated carbocycles. The lowest BCUT2D eigenvalue weighted by Crippen LogP contribution is -2.49. The largest absolute Gasteiger partial charge is 0.415 e. The summed E-state index contributed by atoms with van der Waals surface area (Å²) in [6.45, 7) is 12.1. The number of rotatable bonds is 3. The van der Waals surface area contributed by atoms with Gasteiger partial charge in [0.15, 0.2) is 14.1 Å². The van der Waals surface area contributed by atoms with Gasteiger partial charge < -0.3 is 9.33 Å². The number of nitrogens with zero attached hydrogens (tertiary/aromatic N) is 1. The lowest BCUT2D eigenvalue weighted by Gasteiger charge is -2.40. The minimum atomic E-state index is -1.84. The van der Waals surface area contributed by atoms with E-state index in [1.807, 2.05) is 0 Å². The lowest BCUT2D eigenvalue weighted by atomic mass is 9.66. The van der Waals surface area contributed by atoms with E-state index in [4.69, 9.17) is 12.3 Å². The molecule has 0 aromatic rings. The highest BCUT2D eigenvalue weighted by molar-refractivity contribution is 6.74. The molecule has 3 aliphatic carbocycles. The van der Waals surface area contributed by atoms with E-state index in [0.717, 1.165) is 6.42 Å². The summed E-state index contributed by atoms with van der Waals surface area (Å²) in [5, 5.41) is 0.186. The Labute approximate surface area is 155 Å². The van der Waals surface area contributed by atoms with Gasteiger partial charge in [-0.2, -0.15) is 0 Å². The van der Waals surface area contributed by atoms with Crippen LogP contribution in [0.3, 0.4) is 0 Å². The zero-order chi connectivity index (χ0) is 18.2. The van der Waals surface area contributed by atoms with Crippen molar-refractivity contribution in [3.8, 4) is 0 Å². The molecule has 1 saturated heterocycles. The maximum atomic E-state index is 12.4. The van der Waals surface area contributed by atoms with Crippen LogP contribution in [-0.4, -0.2) is 45.6 Å². The van der Waals surface area contributed by atoms with Crippen molar-refractivity contribution < 1.29 is 9.22 Å². The van der Waals surface area contributed by atoms with Gasteiger partial charge in [0.2, 0.25) is 7.85 Å². The number of amides is 1. The lowest BCUT2D eigenvalue weighted by molar-refractivity contribution is 0.131. The summed E-state index contributed by atoms with van der Waals surface area (Å²) < 4.78 is 6.60. The van der Waals surface area contributed by atoms with Crippen LogP contribution in [0, 0.1) is 23.2 Å². The molecule has 6 unspecified atom stereocenters. The molecule has 1 spiro atoms. The number of carbonyl (C=O) groups is 1. The second-order valence-corrected chi connectivity index (χ2v) is 15.1. The standard InChI is InChI=1S/C20H32BNO2Si/c1-19(2,3)25(4,5)24-12-15-17-13-8-9-14(11-13)20(17)10-6-7-16(20)22(15)18(21)23/h8-9,13-17H,6-7,10-12H2,1-5H3. The quantitative estimate of drug-likeness (QED) is 0.555. The van der Waals surface area contributed by atoms with E-state index in [1.165, 1.54) is 19.3 Å².